The second-order valence-electron chi connectivity index (χ2n) is 6.27. The van der Waals surface area contributed by atoms with Gasteiger partial charge in [-0.1, -0.05) is 42.5 Å². The van der Waals surface area contributed by atoms with E-state index in [1.165, 1.54) is 5.39 Å². The average molecular weight is 332 g/mol. The first kappa shape index (κ1) is 15.7. The highest BCUT2D eigenvalue weighted by atomic mass is 16.5. The zero-order chi connectivity index (χ0) is 17.2. The van der Waals surface area contributed by atoms with Crippen LogP contribution in [0, 0.1) is 0 Å². The van der Waals surface area contributed by atoms with E-state index < -0.39 is 6.10 Å². The standard InChI is InChI=1S/C21H20N2O2/c1-15(24)13-23-20-9-5-4-8-19(20)22-21(23)14-25-18-11-10-16-6-2-3-7-17(16)12-18/h2-12,15,24H,13-14H2,1H3. The number of fused-ring (bicyclic) bond motifs is 2. The number of rotatable bonds is 5. The van der Waals surface area contributed by atoms with Crippen molar-refractivity contribution in [2.24, 2.45) is 0 Å². The summed E-state index contributed by atoms with van der Waals surface area (Å²) in [6.07, 6.45) is -0.447. The number of benzene rings is 3. The number of aliphatic hydroxyl groups excluding tert-OH is 1. The molecule has 4 aromatic rings. The minimum atomic E-state index is -0.447. The number of para-hydroxylation sites is 2. The lowest BCUT2D eigenvalue weighted by Crippen LogP contribution is -2.15. The molecule has 0 aliphatic heterocycles. The lowest BCUT2D eigenvalue weighted by atomic mass is 10.1. The van der Waals surface area contributed by atoms with E-state index >= 15 is 0 Å². The number of hydrogen-bond donors (Lipinski definition) is 1. The van der Waals surface area contributed by atoms with Crippen molar-refractivity contribution in [3.05, 3.63) is 72.6 Å². The SMILES string of the molecule is CC(O)Cn1c(COc2ccc3ccccc3c2)nc2ccccc21. The molecule has 1 unspecified atom stereocenters. The van der Waals surface area contributed by atoms with Gasteiger partial charge in [-0.2, -0.15) is 0 Å². The summed E-state index contributed by atoms with van der Waals surface area (Å²) in [4.78, 5) is 4.67. The van der Waals surface area contributed by atoms with Gasteiger partial charge in [0.25, 0.3) is 0 Å². The molecule has 1 heterocycles. The predicted molar refractivity (Wildman–Crippen MR) is 99.7 cm³/mol. The van der Waals surface area contributed by atoms with Crippen LogP contribution < -0.4 is 4.74 Å². The maximum absolute atomic E-state index is 9.82. The summed E-state index contributed by atoms with van der Waals surface area (Å²) in [5.74, 6) is 1.63. The molecule has 1 N–H and O–H groups in total. The molecule has 0 bridgehead atoms. The number of nitrogens with zero attached hydrogens (tertiary/aromatic N) is 2. The molecule has 25 heavy (non-hydrogen) atoms. The number of ether oxygens (including phenoxy) is 1. The first-order chi connectivity index (χ1) is 12.2. The van der Waals surface area contributed by atoms with Crippen LogP contribution in [0.1, 0.15) is 12.7 Å². The van der Waals surface area contributed by atoms with Gasteiger partial charge in [0.1, 0.15) is 18.2 Å². The Morgan fingerprint density at radius 3 is 2.60 bits per heavy atom. The molecule has 0 amide bonds. The van der Waals surface area contributed by atoms with Crippen LogP contribution in [0.5, 0.6) is 5.75 Å². The average Bonchev–Trinajstić information content (AvgIpc) is 2.97. The Morgan fingerprint density at radius 1 is 1.00 bits per heavy atom. The summed E-state index contributed by atoms with van der Waals surface area (Å²) in [7, 11) is 0. The molecule has 4 rings (SSSR count). The fourth-order valence-corrected chi connectivity index (χ4v) is 3.11. The van der Waals surface area contributed by atoms with Gasteiger partial charge in [-0.3, -0.25) is 0 Å². The highest BCUT2D eigenvalue weighted by molar-refractivity contribution is 5.83. The van der Waals surface area contributed by atoms with Crippen molar-refractivity contribution >= 4 is 21.8 Å². The van der Waals surface area contributed by atoms with Crippen LogP contribution in [0.4, 0.5) is 0 Å². The van der Waals surface area contributed by atoms with Gasteiger partial charge < -0.3 is 14.4 Å². The summed E-state index contributed by atoms with van der Waals surface area (Å²) >= 11 is 0. The number of aliphatic hydroxyl groups is 1. The van der Waals surface area contributed by atoms with Crippen LogP contribution in [0.15, 0.2) is 66.7 Å². The van der Waals surface area contributed by atoms with Crippen molar-refractivity contribution < 1.29 is 9.84 Å². The quantitative estimate of drug-likeness (QED) is 0.597. The maximum atomic E-state index is 9.82. The smallest absolute Gasteiger partial charge is 0.148 e. The van der Waals surface area contributed by atoms with Gasteiger partial charge in [-0.25, -0.2) is 4.98 Å². The van der Waals surface area contributed by atoms with E-state index in [0.29, 0.717) is 13.2 Å². The van der Waals surface area contributed by atoms with Crippen molar-refractivity contribution in [2.45, 2.75) is 26.2 Å². The van der Waals surface area contributed by atoms with Crippen LogP contribution in [-0.4, -0.2) is 20.8 Å². The molecule has 4 nitrogen and oxygen atoms in total. The highest BCUT2D eigenvalue weighted by Crippen LogP contribution is 2.22. The molecule has 1 atom stereocenters. The van der Waals surface area contributed by atoms with Gasteiger partial charge >= 0.3 is 0 Å². The first-order valence-electron chi connectivity index (χ1n) is 8.44. The highest BCUT2D eigenvalue weighted by Gasteiger charge is 2.12. The van der Waals surface area contributed by atoms with Crippen LogP contribution in [0.3, 0.4) is 0 Å². The van der Waals surface area contributed by atoms with Gasteiger partial charge in [-0.15, -0.1) is 0 Å². The monoisotopic (exact) mass is 332 g/mol. The molecule has 0 saturated carbocycles. The minimum Gasteiger partial charge on any atom is -0.486 e. The van der Waals surface area contributed by atoms with Crippen molar-refractivity contribution in [1.29, 1.82) is 0 Å². The van der Waals surface area contributed by atoms with Gasteiger partial charge in [0.05, 0.1) is 23.7 Å². The molecule has 0 spiro atoms. The maximum Gasteiger partial charge on any atom is 0.148 e. The molecule has 126 valence electrons. The Labute approximate surface area is 146 Å². The van der Waals surface area contributed by atoms with Crippen LogP contribution in [0.2, 0.25) is 0 Å². The van der Waals surface area contributed by atoms with Crippen molar-refractivity contribution in [3.8, 4) is 5.75 Å². The molecule has 0 aliphatic rings. The Kier molecular flexibility index (Phi) is 4.12. The number of imidazole rings is 1. The summed E-state index contributed by atoms with van der Waals surface area (Å²) in [6, 6.07) is 22.2. The predicted octanol–water partition coefficient (Wildman–Crippen LogP) is 4.15. The van der Waals surface area contributed by atoms with Gasteiger partial charge in [0, 0.05) is 0 Å². The molecular formula is C21H20N2O2. The molecule has 3 aromatic carbocycles. The Morgan fingerprint density at radius 2 is 1.76 bits per heavy atom. The van der Waals surface area contributed by atoms with Crippen molar-refractivity contribution in [2.75, 3.05) is 0 Å². The minimum absolute atomic E-state index is 0.361. The van der Waals surface area contributed by atoms with Crippen LogP contribution >= 0.6 is 0 Å². The largest absolute Gasteiger partial charge is 0.486 e. The van der Waals surface area contributed by atoms with Crippen molar-refractivity contribution in [3.63, 3.8) is 0 Å². The van der Waals surface area contributed by atoms with Gasteiger partial charge in [0.2, 0.25) is 0 Å². The van der Waals surface area contributed by atoms with Crippen LogP contribution in [-0.2, 0) is 13.2 Å². The summed E-state index contributed by atoms with van der Waals surface area (Å²) in [5.41, 5.74) is 1.93. The van der Waals surface area contributed by atoms with E-state index in [4.69, 9.17) is 4.74 Å². The summed E-state index contributed by atoms with van der Waals surface area (Å²) in [6.45, 7) is 2.64. The second-order valence-corrected chi connectivity index (χ2v) is 6.27. The molecule has 0 radical (unpaired) electrons. The zero-order valence-corrected chi connectivity index (χ0v) is 14.1. The lowest BCUT2D eigenvalue weighted by molar-refractivity contribution is 0.171. The molecule has 0 fully saturated rings. The Hall–Kier alpha value is -2.85. The number of aromatic nitrogens is 2. The van der Waals surface area contributed by atoms with E-state index in [0.717, 1.165) is 28.0 Å². The van der Waals surface area contributed by atoms with E-state index in [1.54, 1.807) is 6.92 Å². The topological polar surface area (TPSA) is 47.3 Å². The Balaban J connectivity index is 1.63. The third kappa shape index (κ3) is 3.21. The lowest BCUT2D eigenvalue weighted by Gasteiger charge is -2.12. The van der Waals surface area contributed by atoms with E-state index in [1.807, 2.05) is 53.1 Å². The molecule has 0 saturated heterocycles. The van der Waals surface area contributed by atoms with Gasteiger partial charge in [0.15, 0.2) is 0 Å². The normalized spacial score (nSPS) is 12.6. The number of hydrogen-bond acceptors (Lipinski definition) is 3. The van der Waals surface area contributed by atoms with Gasteiger partial charge in [-0.05, 0) is 42.0 Å². The van der Waals surface area contributed by atoms with E-state index in [9.17, 15) is 5.11 Å². The molecular weight excluding hydrogens is 312 g/mol. The zero-order valence-electron chi connectivity index (χ0n) is 14.1. The summed E-state index contributed by atoms with van der Waals surface area (Å²) in [5, 5.41) is 12.2. The van der Waals surface area contributed by atoms with Crippen LogP contribution in [0.25, 0.3) is 21.8 Å². The van der Waals surface area contributed by atoms with Crippen molar-refractivity contribution in [1.82, 2.24) is 9.55 Å². The molecule has 1 aromatic heterocycles. The second kappa shape index (κ2) is 6.57. The Bertz CT molecular complexity index is 1020. The fourth-order valence-electron chi connectivity index (χ4n) is 3.11. The van der Waals surface area contributed by atoms with E-state index in [2.05, 4.69) is 23.2 Å². The third-order valence-electron chi connectivity index (χ3n) is 4.27. The fraction of sp³-hybridized carbons (Fsp3) is 0.190. The first-order valence-corrected chi connectivity index (χ1v) is 8.44. The molecule has 4 heteroatoms. The molecule has 0 aliphatic carbocycles. The van der Waals surface area contributed by atoms with E-state index in [-0.39, 0.29) is 0 Å². The summed E-state index contributed by atoms with van der Waals surface area (Å²) < 4.78 is 8.02. The third-order valence-corrected chi connectivity index (χ3v) is 4.27.